The number of aryl methyl sites for hydroxylation is 1. The van der Waals surface area contributed by atoms with Gasteiger partial charge in [-0.25, -0.2) is 13.8 Å². The van der Waals surface area contributed by atoms with Crippen LogP contribution in [-0.2, 0) is 6.42 Å². The summed E-state index contributed by atoms with van der Waals surface area (Å²) in [5, 5.41) is 4.92. The first-order valence-electron chi connectivity index (χ1n) is 10.8. The van der Waals surface area contributed by atoms with Crippen molar-refractivity contribution < 1.29 is 8.78 Å². The van der Waals surface area contributed by atoms with E-state index in [0.717, 1.165) is 35.4 Å². The monoisotopic (exact) mass is 499 g/mol. The lowest BCUT2D eigenvalue weighted by Crippen LogP contribution is -2.24. The van der Waals surface area contributed by atoms with E-state index in [2.05, 4.69) is 39.2 Å². The quantitative estimate of drug-likeness (QED) is 0.384. The van der Waals surface area contributed by atoms with E-state index in [-0.39, 0.29) is 19.5 Å². The van der Waals surface area contributed by atoms with Crippen LogP contribution >= 0.6 is 34.5 Å². The lowest BCUT2D eigenvalue weighted by molar-refractivity contribution is 0.0169. The Morgan fingerprint density at radius 2 is 2.00 bits per heavy atom. The minimum atomic E-state index is -2.73. The third-order valence-corrected chi connectivity index (χ3v) is 7.43. The summed E-state index contributed by atoms with van der Waals surface area (Å²) in [6.07, 6.45) is 1.58. The van der Waals surface area contributed by atoms with Gasteiger partial charge >= 0.3 is 0 Å². The highest BCUT2D eigenvalue weighted by atomic mass is 35.5. The first kappa shape index (κ1) is 25.0. The van der Waals surface area contributed by atoms with E-state index in [1.807, 2.05) is 12.1 Å². The van der Waals surface area contributed by atoms with Crippen molar-refractivity contribution in [2.24, 2.45) is 5.92 Å². The van der Waals surface area contributed by atoms with Crippen molar-refractivity contribution >= 4 is 45.9 Å². The summed E-state index contributed by atoms with van der Waals surface area (Å²) in [6.45, 7) is 15.1. The maximum atomic E-state index is 13.9. The number of benzene rings is 1. The number of halogens is 4. The Labute approximate surface area is 203 Å². The zero-order chi connectivity index (χ0) is 23.6. The van der Waals surface area contributed by atoms with Gasteiger partial charge in [0.25, 0.3) is 5.92 Å². The van der Waals surface area contributed by atoms with Gasteiger partial charge in [-0.1, -0.05) is 75.7 Å². The number of hydrogen-bond donors (Lipinski definition) is 1. The van der Waals surface area contributed by atoms with Crippen molar-refractivity contribution in [2.75, 3.05) is 19.6 Å². The van der Waals surface area contributed by atoms with E-state index in [1.165, 1.54) is 11.3 Å². The van der Waals surface area contributed by atoms with Gasteiger partial charge in [-0.3, -0.25) is 0 Å². The predicted molar refractivity (Wildman–Crippen MR) is 134 cm³/mol. The summed E-state index contributed by atoms with van der Waals surface area (Å²) < 4.78 is 27.7. The Morgan fingerprint density at radius 3 is 2.59 bits per heavy atom. The lowest BCUT2D eigenvalue weighted by Gasteiger charge is -2.20. The van der Waals surface area contributed by atoms with Crippen LogP contribution in [0.4, 0.5) is 8.78 Å². The molecule has 0 atom stereocenters. The highest BCUT2D eigenvalue weighted by Gasteiger charge is 2.39. The molecule has 1 aliphatic rings. The van der Waals surface area contributed by atoms with Crippen LogP contribution in [0.1, 0.15) is 49.9 Å². The van der Waals surface area contributed by atoms with E-state index in [9.17, 15) is 8.78 Å². The summed E-state index contributed by atoms with van der Waals surface area (Å²) in [5.41, 5.74) is 3.38. The molecular weight excluding hydrogens is 471 g/mol. The molecule has 0 amide bonds. The van der Waals surface area contributed by atoms with Crippen LogP contribution in [-0.4, -0.2) is 35.4 Å². The highest BCUT2D eigenvalue weighted by molar-refractivity contribution is 7.16. The minimum Gasteiger partial charge on any atom is -0.383 e. The van der Waals surface area contributed by atoms with Gasteiger partial charge in [0.2, 0.25) is 0 Å². The third-order valence-electron chi connectivity index (χ3n) is 5.36. The predicted octanol–water partition coefficient (Wildman–Crippen LogP) is 7.60. The van der Waals surface area contributed by atoms with Gasteiger partial charge in [0.05, 0.1) is 32.9 Å². The number of hydrogen-bond acceptors (Lipinski definition) is 4. The van der Waals surface area contributed by atoms with Crippen molar-refractivity contribution in [1.29, 1.82) is 0 Å². The number of alkyl halides is 2. The van der Waals surface area contributed by atoms with Crippen molar-refractivity contribution in [3.8, 4) is 10.4 Å². The van der Waals surface area contributed by atoms with Gasteiger partial charge in [0.1, 0.15) is 10.7 Å². The zero-order valence-electron chi connectivity index (χ0n) is 18.7. The SMILES string of the molecule is C=C(NCC(C)C)c1nc(C(=C)N2CCC(F)(F)C2)c(-c2ccc(CCC)c(Cl)c2Cl)s1. The fourth-order valence-electron chi connectivity index (χ4n) is 3.57. The Kier molecular flexibility index (Phi) is 7.89. The van der Waals surface area contributed by atoms with Gasteiger partial charge in [-0.15, -0.1) is 11.3 Å². The largest absolute Gasteiger partial charge is 0.383 e. The van der Waals surface area contributed by atoms with E-state index in [0.29, 0.717) is 38.1 Å². The molecule has 3 nitrogen and oxygen atoms in total. The summed E-state index contributed by atoms with van der Waals surface area (Å²) in [7, 11) is 0. The Bertz CT molecular complexity index is 1020. The Hall–Kier alpha value is -1.63. The van der Waals surface area contributed by atoms with Crippen LogP contribution in [0.2, 0.25) is 10.0 Å². The van der Waals surface area contributed by atoms with Gasteiger partial charge in [-0.2, -0.15) is 0 Å². The van der Waals surface area contributed by atoms with Gasteiger partial charge in [0.15, 0.2) is 0 Å². The lowest BCUT2D eigenvalue weighted by atomic mass is 10.0. The summed E-state index contributed by atoms with van der Waals surface area (Å²) in [6, 6.07) is 3.89. The topological polar surface area (TPSA) is 28.2 Å². The number of aromatic nitrogens is 1. The summed E-state index contributed by atoms with van der Waals surface area (Å²) >= 11 is 14.7. The first-order valence-corrected chi connectivity index (χ1v) is 12.3. The molecule has 0 unspecified atom stereocenters. The zero-order valence-corrected chi connectivity index (χ0v) is 21.0. The molecule has 8 heteroatoms. The number of thiazole rings is 1. The van der Waals surface area contributed by atoms with E-state index in [1.54, 1.807) is 4.90 Å². The molecule has 1 N–H and O–H groups in total. The molecule has 1 aromatic carbocycles. The molecule has 2 heterocycles. The van der Waals surface area contributed by atoms with E-state index >= 15 is 0 Å². The normalized spacial score (nSPS) is 15.4. The fraction of sp³-hybridized carbons (Fsp3) is 0.458. The highest BCUT2D eigenvalue weighted by Crippen LogP contribution is 2.44. The number of likely N-dealkylation sites (tertiary alicyclic amines) is 1. The number of rotatable bonds is 9. The molecule has 0 bridgehead atoms. The molecule has 0 radical (unpaired) electrons. The molecule has 1 saturated heterocycles. The molecule has 1 fully saturated rings. The maximum Gasteiger partial charge on any atom is 0.266 e. The molecule has 174 valence electrons. The van der Waals surface area contributed by atoms with Crippen molar-refractivity contribution in [1.82, 2.24) is 15.2 Å². The van der Waals surface area contributed by atoms with Crippen molar-refractivity contribution in [2.45, 2.75) is 46.0 Å². The smallest absolute Gasteiger partial charge is 0.266 e. The number of nitrogens with one attached hydrogen (secondary N) is 1. The Balaban J connectivity index is 2.05. The van der Waals surface area contributed by atoms with Crippen LogP contribution in [0.15, 0.2) is 25.3 Å². The van der Waals surface area contributed by atoms with Crippen LogP contribution in [0.5, 0.6) is 0 Å². The van der Waals surface area contributed by atoms with Crippen LogP contribution in [0.25, 0.3) is 21.8 Å². The van der Waals surface area contributed by atoms with Crippen LogP contribution in [0.3, 0.4) is 0 Å². The minimum absolute atomic E-state index is 0.195. The van der Waals surface area contributed by atoms with E-state index in [4.69, 9.17) is 28.2 Å². The standard InChI is InChI=1S/C24H29Cl2F2N3S/c1-6-7-17-8-9-18(20(26)19(17)25)22-21(16(5)31-11-10-24(27,28)13-31)30-23(32-22)15(4)29-12-14(2)3/h8-9,14,29H,4-7,10-13H2,1-3H3. The van der Waals surface area contributed by atoms with Crippen molar-refractivity contribution in [3.63, 3.8) is 0 Å². The molecule has 3 rings (SSSR count). The van der Waals surface area contributed by atoms with Crippen LogP contribution < -0.4 is 5.32 Å². The summed E-state index contributed by atoms with van der Waals surface area (Å²) in [5.74, 6) is -2.29. The first-order chi connectivity index (χ1) is 15.0. The van der Waals surface area contributed by atoms with Crippen molar-refractivity contribution in [3.05, 3.63) is 51.6 Å². The molecule has 2 aromatic rings. The average molecular weight is 500 g/mol. The second-order valence-corrected chi connectivity index (χ2v) is 10.3. The Morgan fingerprint density at radius 1 is 1.28 bits per heavy atom. The molecule has 0 spiro atoms. The third kappa shape index (κ3) is 5.46. The molecular formula is C24H29Cl2F2N3S. The second-order valence-electron chi connectivity index (χ2n) is 8.57. The number of nitrogens with zero attached hydrogens (tertiary/aromatic N) is 2. The average Bonchev–Trinajstić information content (AvgIpc) is 3.33. The second kappa shape index (κ2) is 10.1. The molecule has 1 aliphatic heterocycles. The summed E-state index contributed by atoms with van der Waals surface area (Å²) in [4.78, 5) is 7.10. The van der Waals surface area contributed by atoms with Crippen LogP contribution in [0, 0.1) is 5.92 Å². The van der Waals surface area contributed by atoms with E-state index < -0.39 is 5.92 Å². The van der Waals surface area contributed by atoms with Gasteiger partial charge in [0, 0.05) is 25.1 Å². The maximum absolute atomic E-state index is 13.9. The van der Waals surface area contributed by atoms with Gasteiger partial charge in [-0.05, 0) is 17.9 Å². The molecule has 0 aliphatic carbocycles. The fourth-order valence-corrected chi connectivity index (χ4v) is 5.23. The van der Waals surface area contributed by atoms with Gasteiger partial charge < -0.3 is 10.2 Å². The molecule has 32 heavy (non-hydrogen) atoms. The molecule has 1 aromatic heterocycles. The molecule has 0 saturated carbocycles.